The molecule has 0 N–H and O–H groups in total. The van der Waals surface area contributed by atoms with Crippen molar-refractivity contribution in [2.24, 2.45) is 0 Å². The van der Waals surface area contributed by atoms with Gasteiger partial charge in [-0.25, -0.2) is 0 Å². The summed E-state index contributed by atoms with van der Waals surface area (Å²) in [5.74, 6) is 1.21. The molecule has 0 radical (unpaired) electrons. The number of benzene rings is 1. The third-order valence-corrected chi connectivity index (χ3v) is 2.10. The van der Waals surface area contributed by atoms with E-state index in [1.165, 1.54) is 0 Å². The molecule has 1 aromatic rings. The normalized spacial score (nSPS) is 11.6. The average Bonchev–Trinajstić information content (AvgIpc) is 2.26. The highest BCUT2D eigenvalue weighted by Gasteiger charge is 2.08. The molecule has 1 atom stereocenters. The van der Waals surface area contributed by atoms with Gasteiger partial charge >= 0.3 is 0 Å². The van der Waals surface area contributed by atoms with Gasteiger partial charge in [-0.15, -0.1) is 0 Å². The number of hydrogen-bond donors (Lipinski definition) is 0. The Morgan fingerprint density at radius 3 is 2.36 bits per heavy atom. The lowest BCUT2D eigenvalue weighted by atomic mass is 10.0. The Morgan fingerprint density at radius 2 is 1.86 bits per heavy atom. The van der Waals surface area contributed by atoms with Crippen LogP contribution < -0.4 is 9.47 Å². The maximum absolute atomic E-state index is 8.76. The van der Waals surface area contributed by atoms with Crippen molar-refractivity contribution in [1.82, 2.24) is 0 Å². The summed E-state index contributed by atoms with van der Waals surface area (Å²) in [6, 6.07) is 7.68. The van der Waals surface area contributed by atoms with Gasteiger partial charge in [0.1, 0.15) is 0 Å². The summed E-state index contributed by atoms with van der Waals surface area (Å²) in [5, 5.41) is 8.76. The second-order valence-electron chi connectivity index (χ2n) is 2.97. The van der Waals surface area contributed by atoms with Crippen LogP contribution in [0.3, 0.4) is 0 Å². The first-order valence-electron chi connectivity index (χ1n) is 4.34. The standard InChI is InChI=1S/C11H13NO2/c1-8(7-12)9-4-5-10(13-2)11(6-9)14-3/h4-6,8H,1-3H3. The lowest BCUT2D eigenvalue weighted by Crippen LogP contribution is -1.94. The number of nitrogens with zero attached hydrogens (tertiary/aromatic N) is 1. The first-order chi connectivity index (χ1) is 6.72. The van der Waals surface area contributed by atoms with Crippen LogP contribution in [0, 0.1) is 11.3 Å². The van der Waals surface area contributed by atoms with E-state index in [-0.39, 0.29) is 5.92 Å². The van der Waals surface area contributed by atoms with E-state index < -0.39 is 0 Å². The number of hydrogen-bond acceptors (Lipinski definition) is 3. The van der Waals surface area contributed by atoms with Crippen molar-refractivity contribution in [2.45, 2.75) is 12.8 Å². The van der Waals surface area contributed by atoms with Gasteiger partial charge in [0.25, 0.3) is 0 Å². The third-order valence-electron chi connectivity index (χ3n) is 2.10. The zero-order valence-corrected chi connectivity index (χ0v) is 8.57. The molecule has 0 aliphatic carbocycles. The molecule has 3 heteroatoms. The molecule has 1 rings (SSSR count). The van der Waals surface area contributed by atoms with Gasteiger partial charge in [-0.3, -0.25) is 0 Å². The van der Waals surface area contributed by atoms with Crippen LogP contribution in [0.25, 0.3) is 0 Å². The fraction of sp³-hybridized carbons (Fsp3) is 0.364. The Kier molecular flexibility index (Phi) is 3.35. The Balaban J connectivity index is 3.08. The van der Waals surface area contributed by atoms with Crippen molar-refractivity contribution in [3.63, 3.8) is 0 Å². The smallest absolute Gasteiger partial charge is 0.161 e. The molecular formula is C11H13NO2. The van der Waals surface area contributed by atoms with Crippen LogP contribution in [0.5, 0.6) is 11.5 Å². The maximum atomic E-state index is 8.76. The largest absolute Gasteiger partial charge is 0.493 e. The second kappa shape index (κ2) is 4.52. The molecule has 0 saturated heterocycles. The van der Waals surface area contributed by atoms with Crippen molar-refractivity contribution >= 4 is 0 Å². The molecular weight excluding hydrogens is 178 g/mol. The van der Waals surface area contributed by atoms with Gasteiger partial charge in [-0.05, 0) is 24.6 Å². The molecule has 0 bridgehead atoms. The lowest BCUT2D eigenvalue weighted by molar-refractivity contribution is 0.354. The van der Waals surface area contributed by atoms with E-state index in [0.717, 1.165) is 5.56 Å². The minimum absolute atomic E-state index is 0.130. The first-order valence-corrected chi connectivity index (χ1v) is 4.34. The lowest BCUT2D eigenvalue weighted by Gasteiger charge is -2.10. The summed E-state index contributed by atoms with van der Waals surface area (Å²) in [6.07, 6.45) is 0. The Bertz CT molecular complexity index is 355. The summed E-state index contributed by atoms with van der Waals surface area (Å²) >= 11 is 0. The van der Waals surface area contributed by atoms with E-state index in [4.69, 9.17) is 14.7 Å². The minimum atomic E-state index is -0.130. The highest BCUT2D eigenvalue weighted by atomic mass is 16.5. The monoisotopic (exact) mass is 191 g/mol. The van der Waals surface area contributed by atoms with Crippen LogP contribution in [0.4, 0.5) is 0 Å². The summed E-state index contributed by atoms with van der Waals surface area (Å²) in [6.45, 7) is 1.85. The summed E-state index contributed by atoms with van der Waals surface area (Å²) < 4.78 is 10.2. The van der Waals surface area contributed by atoms with Crippen LogP contribution in [0.15, 0.2) is 18.2 Å². The molecule has 0 spiro atoms. The van der Waals surface area contributed by atoms with E-state index in [1.807, 2.05) is 25.1 Å². The molecule has 0 fully saturated rings. The fourth-order valence-corrected chi connectivity index (χ4v) is 1.20. The Morgan fingerprint density at radius 1 is 1.21 bits per heavy atom. The van der Waals surface area contributed by atoms with Gasteiger partial charge in [0.2, 0.25) is 0 Å². The van der Waals surface area contributed by atoms with Crippen LogP contribution in [0.2, 0.25) is 0 Å². The zero-order valence-electron chi connectivity index (χ0n) is 8.57. The van der Waals surface area contributed by atoms with Crippen LogP contribution in [-0.2, 0) is 0 Å². The van der Waals surface area contributed by atoms with Crippen molar-refractivity contribution in [3.8, 4) is 17.6 Å². The number of methoxy groups -OCH3 is 2. The molecule has 74 valence electrons. The van der Waals surface area contributed by atoms with Crippen LogP contribution in [-0.4, -0.2) is 14.2 Å². The second-order valence-corrected chi connectivity index (χ2v) is 2.97. The summed E-state index contributed by atoms with van der Waals surface area (Å²) in [4.78, 5) is 0. The first kappa shape index (κ1) is 10.4. The average molecular weight is 191 g/mol. The van der Waals surface area contributed by atoms with Crippen LogP contribution in [0.1, 0.15) is 18.4 Å². The summed E-state index contributed by atoms with van der Waals surface area (Å²) in [7, 11) is 3.17. The molecule has 1 unspecified atom stereocenters. The highest BCUT2D eigenvalue weighted by Crippen LogP contribution is 2.30. The number of rotatable bonds is 3. The van der Waals surface area contributed by atoms with E-state index in [1.54, 1.807) is 14.2 Å². The summed E-state index contributed by atoms with van der Waals surface area (Å²) in [5.41, 5.74) is 0.935. The molecule has 0 aliphatic heterocycles. The topological polar surface area (TPSA) is 42.2 Å². The molecule has 1 aromatic carbocycles. The van der Waals surface area contributed by atoms with Crippen molar-refractivity contribution < 1.29 is 9.47 Å². The van der Waals surface area contributed by atoms with E-state index >= 15 is 0 Å². The fourth-order valence-electron chi connectivity index (χ4n) is 1.20. The van der Waals surface area contributed by atoms with Gasteiger partial charge in [-0.2, -0.15) is 5.26 Å². The maximum Gasteiger partial charge on any atom is 0.161 e. The molecule has 0 saturated carbocycles. The van der Waals surface area contributed by atoms with E-state index in [9.17, 15) is 0 Å². The van der Waals surface area contributed by atoms with E-state index in [2.05, 4.69) is 6.07 Å². The molecule has 0 aromatic heterocycles. The molecule has 14 heavy (non-hydrogen) atoms. The quantitative estimate of drug-likeness (QED) is 0.736. The number of ether oxygens (including phenoxy) is 2. The highest BCUT2D eigenvalue weighted by molar-refractivity contribution is 5.44. The van der Waals surface area contributed by atoms with Gasteiger partial charge in [0.15, 0.2) is 11.5 Å². The van der Waals surface area contributed by atoms with Gasteiger partial charge in [0.05, 0.1) is 26.2 Å². The van der Waals surface area contributed by atoms with Gasteiger partial charge in [-0.1, -0.05) is 6.07 Å². The van der Waals surface area contributed by atoms with E-state index in [0.29, 0.717) is 11.5 Å². The molecule has 3 nitrogen and oxygen atoms in total. The Labute approximate surface area is 83.9 Å². The van der Waals surface area contributed by atoms with Crippen LogP contribution >= 0.6 is 0 Å². The zero-order chi connectivity index (χ0) is 10.6. The predicted octanol–water partition coefficient (Wildman–Crippen LogP) is 2.33. The van der Waals surface area contributed by atoms with Gasteiger partial charge < -0.3 is 9.47 Å². The van der Waals surface area contributed by atoms with Crippen molar-refractivity contribution in [3.05, 3.63) is 23.8 Å². The van der Waals surface area contributed by atoms with Crippen molar-refractivity contribution in [1.29, 1.82) is 5.26 Å². The minimum Gasteiger partial charge on any atom is -0.493 e. The third kappa shape index (κ3) is 1.97. The van der Waals surface area contributed by atoms with Crippen molar-refractivity contribution in [2.75, 3.05) is 14.2 Å². The Hall–Kier alpha value is -1.69. The molecule has 0 aliphatic rings. The molecule has 0 heterocycles. The predicted molar refractivity (Wildman–Crippen MR) is 53.6 cm³/mol. The SMILES string of the molecule is COc1ccc(C(C)C#N)cc1OC. The van der Waals surface area contributed by atoms with Gasteiger partial charge in [0, 0.05) is 0 Å². The molecule has 0 amide bonds. The number of nitriles is 1.